The number of para-hydroxylation sites is 1. The fourth-order valence-corrected chi connectivity index (χ4v) is 2.28. The maximum Gasteiger partial charge on any atom is 0.166 e. The van der Waals surface area contributed by atoms with E-state index < -0.39 is 0 Å². The Labute approximate surface area is 129 Å². The number of nitrogens with one attached hydrogen (secondary N) is 1. The van der Waals surface area contributed by atoms with Crippen LogP contribution in [0.4, 0.5) is 5.69 Å². The normalized spacial score (nSPS) is 11.8. The van der Waals surface area contributed by atoms with Crippen LogP contribution in [0.1, 0.15) is 11.6 Å². The minimum absolute atomic E-state index is 0.0772. The molecule has 2 N–H and O–H groups in total. The van der Waals surface area contributed by atoms with E-state index in [1.807, 2.05) is 30.3 Å². The molecule has 5 heteroatoms. The number of methoxy groups -OCH3 is 2. The molecule has 0 fully saturated rings. The summed E-state index contributed by atoms with van der Waals surface area (Å²) in [5.41, 5.74) is 1.69. The lowest BCUT2D eigenvalue weighted by Crippen LogP contribution is -2.16. The Hall–Kier alpha value is -1.91. The van der Waals surface area contributed by atoms with Crippen LogP contribution in [0.5, 0.6) is 11.5 Å². The van der Waals surface area contributed by atoms with Gasteiger partial charge in [0.05, 0.1) is 26.9 Å². The summed E-state index contributed by atoms with van der Waals surface area (Å²) in [5, 5.41) is 13.6. The first-order valence-electron chi connectivity index (χ1n) is 6.53. The maximum absolute atomic E-state index is 9.69. The first kappa shape index (κ1) is 15.5. The van der Waals surface area contributed by atoms with E-state index in [2.05, 4.69) is 5.32 Å². The smallest absolute Gasteiger partial charge is 0.166 e. The van der Waals surface area contributed by atoms with E-state index in [0.29, 0.717) is 16.5 Å². The number of rotatable bonds is 6. The van der Waals surface area contributed by atoms with Crippen LogP contribution in [0.25, 0.3) is 0 Å². The summed E-state index contributed by atoms with van der Waals surface area (Å²) in [6.45, 7) is -0.0772. The van der Waals surface area contributed by atoms with Crippen molar-refractivity contribution >= 4 is 17.3 Å². The van der Waals surface area contributed by atoms with Crippen LogP contribution in [-0.2, 0) is 0 Å². The van der Waals surface area contributed by atoms with E-state index in [9.17, 15) is 5.11 Å². The Bertz CT molecular complexity index is 587. The minimum Gasteiger partial charge on any atom is -0.493 e. The van der Waals surface area contributed by atoms with Gasteiger partial charge in [-0.3, -0.25) is 0 Å². The van der Waals surface area contributed by atoms with Gasteiger partial charge < -0.3 is 19.9 Å². The molecule has 0 amide bonds. The number of aliphatic hydroxyl groups excluding tert-OH is 1. The summed E-state index contributed by atoms with van der Waals surface area (Å²) in [7, 11) is 3.17. The average molecular weight is 308 g/mol. The number of benzene rings is 2. The van der Waals surface area contributed by atoms with E-state index in [0.717, 1.165) is 11.3 Å². The van der Waals surface area contributed by atoms with Crippen molar-refractivity contribution in [2.45, 2.75) is 6.04 Å². The number of aliphatic hydroxyl groups is 1. The van der Waals surface area contributed by atoms with Crippen molar-refractivity contribution in [2.24, 2.45) is 0 Å². The van der Waals surface area contributed by atoms with E-state index in [1.165, 1.54) is 0 Å². The van der Waals surface area contributed by atoms with Crippen molar-refractivity contribution in [3.8, 4) is 11.5 Å². The molecular weight excluding hydrogens is 290 g/mol. The molecule has 0 aliphatic carbocycles. The molecule has 0 bridgehead atoms. The Morgan fingerprint density at radius 3 is 2.38 bits per heavy atom. The Morgan fingerprint density at radius 1 is 1.10 bits per heavy atom. The van der Waals surface area contributed by atoms with Crippen LogP contribution in [0.3, 0.4) is 0 Å². The zero-order valence-corrected chi connectivity index (χ0v) is 12.7. The van der Waals surface area contributed by atoms with Gasteiger partial charge in [-0.1, -0.05) is 23.7 Å². The number of hydrogen-bond donors (Lipinski definition) is 2. The highest BCUT2D eigenvalue weighted by molar-refractivity contribution is 6.30. The standard InChI is InChI=1S/C16H18ClNO3/c1-20-15-5-3-4-13(16(15)21-2)14(10-19)18-12-8-6-11(17)7-9-12/h3-9,14,18-19H,10H2,1-2H3. The monoisotopic (exact) mass is 307 g/mol. The van der Waals surface area contributed by atoms with Crippen molar-refractivity contribution < 1.29 is 14.6 Å². The van der Waals surface area contributed by atoms with Crippen LogP contribution in [0, 0.1) is 0 Å². The van der Waals surface area contributed by atoms with Gasteiger partial charge in [0.15, 0.2) is 11.5 Å². The maximum atomic E-state index is 9.69. The van der Waals surface area contributed by atoms with E-state index >= 15 is 0 Å². The molecule has 0 aromatic heterocycles. The van der Waals surface area contributed by atoms with Crippen molar-refractivity contribution in [3.05, 3.63) is 53.1 Å². The third-order valence-electron chi connectivity index (χ3n) is 3.18. The van der Waals surface area contributed by atoms with Gasteiger partial charge in [-0.2, -0.15) is 0 Å². The van der Waals surface area contributed by atoms with Crippen LogP contribution in [0.15, 0.2) is 42.5 Å². The molecule has 2 rings (SSSR count). The van der Waals surface area contributed by atoms with E-state index in [-0.39, 0.29) is 12.6 Å². The predicted molar refractivity (Wildman–Crippen MR) is 84.4 cm³/mol. The van der Waals surface area contributed by atoms with Crippen LogP contribution in [0.2, 0.25) is 5.02 Å². The fourth-order valence-electron chi connectivity index (χ4n) is 2.16. The van der Waals surface area contributed by atoms with Gasteiger partial charge in [0.2, 0.25) is 0 Å². The summed E-state index contributed by atoms with van der Waals surface area (Å²) in [6, 6.07) is 12.6. The molecule has 2 aromatic rings. The quantitative estimate of drug-likeness (QED) is 0.857. The molecule has 0 aliphatic heterocycles. The van der Waals surface area contributed by atoms with Crippen molar-refractivity contribution in [1.29, 1.82) is 0 Å². The van der Waals surface area contributed by atoms with Crippen LogP contribution < -0.4 is 14.8 Å². The fraction of sp³-hybridized carbons (Fsp3) is 0.250. The molecule has 1 unspecified atom stereocenters. The van der Waals surface area contributed by atoms with Gasteiger partial charge in [-0.25, -0.2) is 0 Å². The number of halogens is 1. The summed E-state index contributed by atoms with van der Waals surface area (Å²) in [5.74, 6) is 1.24. The summed E-state index contributed by atoms with van der Waals surface area (Å²) in [4.78, 5) is 0. The summed E-state index contributed by atoms with van der Waals surface area (Å²) >= 11 is 5.87. The second-order valence-electron chi connectivity index (χ2n) is 4.47. The number of ether oxygens (including phenoxy) is 2. The molecule has 2 aromatic carbocycles. The zero-order chi connectivity index (χ0) is 15.2. The van der Waals surface area contributed by atoms with Crippen molar-refractivity contribution in [3.63, 3.8) is 0 Å². The van der Waals surface area contributed by atoms with Gasteiger partial charge in [0.25, 0.3) is 0 Å². The summed E-state index contributed by atoms with van der Waals surface area (Å²) in [6.07, 6.45) is 0. The highest BCUT2D eigenvalue weighted by atomic mass is 35.5. The van der Waals surface area contributed by atoms with Gasteiger partial charge in [-0.15, -0.1) is 0 Å². The second kappa shape index (κ2) is 7.20. The molecule has 1 atom stereocenters. The number of anilines is 1. The first-order chi connectivity index (χ1) is 10.2. The number of hydrogen-bond acceptors (Lipinski definition) is 4. The molecular formula is C16H18ClNO3. The molecule has 0 saturated carbocycles. The minimum atomic E-state index is -0.309. The second-order valence-corrected chi connectivity index (χ2v) is 4.91. The molecule has 0 heterocycles. The largest absolute Gasteiger partial charge is 0.493 e. The van der Waals surface area contributed by atoms with Crippen molar-refractivity contribution in [2.75, 3.05) is 26.1 Å². The lowest BCUT2D eigenvalue weighted by molar-refractivity contribution is 0.271. The first-order valence-corrected chi connectivity index (χ1v) is 6.91. The van der Waals surface area contributed by atoms with Gasteiger partial charge in [-0.05, 0) is 30.3 Å². The topological polar surface area (TPSA) is 50.7 Å². The molecule has 0 saturated heterocycles. The zero-order valence-electron chi connectivity index (χ0n) is 12.0. The highest BCUT2D eigenvalue weighted by Crippen LogP contribution is 2.35. The van der Waals surface area contributed by atoms with Gasteiger partial charge >= 0.3 is 0 Å². The van der Waals surface area contributed by atoms with Gasteiger partial charge in [0.1, 0.15) is 0 Å². The van der Waals surface area contributed by atoms with Crippen LogP contribution >= 0.6 is 11.6 Å². The molecule has 0 radical (unpaired) electrons. The Balaban J connectivity index is 2.31. The third-order valence-corrected chi connectivity index (χ3v) is 3.43. The highest BCUT2D eigenvalue weighted by Gasteiger charge is 2.18. The molecule has 21 heavy (non-hydrogen) atoms. The molecule has 0 spiro atoms. The van der Waals surface area contributed by atoms with E-state index in [1.54, 1.807) is 26.4 Å². The Kier molecular flexibility index (Phi) is 5.31. The molecule has 4 nitrogen and oxygen atoms in total. The average Bonchev–Trinajstić information content (AvgIpc) is 2.53. The van der Waals surface area contributed by atoms with Crippen molar-refractivity contribution in [1.82, 2.24) is 0 Å². The van der Waals surface area contributed by atoms with Crippen LogP contribution in [-0.4, -0.2) is 25.9 Å². The summed E-state index contributed by atoms with van der Waals surface area (Å²) < 4.78 is 10.7. The SMILES string of the molecule is COc1cccc(C(CO)Nc2ccc(Cl)cc2)c1OC. The molecule has 0 aliphatic rings. The lowest BCUT2D eigenvalue weighted by Gasteiger charge is -2.21. The molecule has 112 valence electrons. The Morgan fingerprint density at radius 2 is 1.81 bits per heavy atom. The predicted octanol–water partition coefficient (Wildman–Crippen LogP) is 3.50. The lowest BCUT2D eigenvalue weighted by atomic mass is 10.1. The van der Waals surface area contributed by atoms with Gasteiger partial charge in [0, 0.05) is 16.3 Å². The van der Waals surface area contributed by atoms with E-state index in [4.69, 9.17) is 21.1 Å². The third kappa shape index (κ3) is 3.60.